The van der Waals surface area contributed by atoms with Gasteiger partial charge in [0.15, 0.2) is 17.2 Å². The summed E-state index contributed by atoms with van der Waals surface area (Å²) in [7, 11) is 1.79. The number of nitrogens with two attached hydrogens (primary N) is 2. The maximum atomic E-state index is 13.2. The van der Waals surface area contributed by atoms with Crippen LogP contribution in [0.15, 0.2) is 39.4 Å². The second kappa shape index (κ2) is 12.1. The van der Waals surface area contributed by atoms with E-state index in [1.165, 1.54) is 28.9 Å². The van der Waals surface area contributed by atoms with Crippen LogP contribution in [0.5, 0.6) is 0 Å². The molecule has 5 rings (SSSR count). The van der Waals surface area contributed by atoms with Crippen LogP contribution >= 0.6 is 34.9 Å². The average molecular weight is 649 g/mol. The molecule has 0 spiro atoms. The van der Waals surface area contributed by atoms with Gasteiger partial charge in [-0.15, -0.1) is 23.1 Å². The Morgan fingerprint density at radius 3 is 2.79 bits per heavy atom. The van der Waals surface area contributed by atoms with Crippen LogP contribution in [0.3, 0.4) is 0 Å². The number of nitrogen functional groups attached to an aromatic ring is 2. The van der Waals surface area contributed by atoms with Crippen LogP contribution in [-0.2, 0) is 31.1 Å². The molecule has 3 aromatic heterocycles. The van der Waals surface area contributed by atoms with Crippen molar-refractivity contribution in [2.24, 2.45) is 12.2 Å². The summed E-state index contributed by atoms with van der Waals surface area (Å²) in [6.07, 6.45) is 0.329. The maximum absolute atomic E-state index is 13.2. The van der Waals surface area contributed by atoms with Gasteiger partial charge in [0.2, 0.25) is 11.9 Å². The minimum Gasteiger partial charge on any atom is -0.543 e. The monoisotopic (exact) mass is 648 g/mol. The zero-order valence-corrected chi connectivity index (χ0v) is 24.9. The Labute approximate surface area is 255 Å². The van der Waals surface area contributed by atoms with Crippen molar-refractivity contribution in [2.75, 3.05) is 23.0 Å². The summed E-state index contributed by atoms with van der Waals surface area (Å²) in [5.74, 6) is -3.74. The van der Waals surface area contributed by atoms with Crippen LogP contribution < -0.4 is 26.4 Å². The highest BCUT2D eigenvalue weighted by atomic mass is 32.2. The second-order valence-corrected chi connectivity index (χ2v) is 12.2. The third kappa shape index (κ3) is 5.79. The molecule has 5 heterocycles. The Bertz CT molecular complexity index is 1700. The molecule has 1 unspecified atom stereocenters. The fourth-order valence-electron chi connectivity index (χ4n) is 4.28. The molecule has 1 fully saturated rings. The van der Waals surface area contributed by atoms with E-state index in [4.69, 9.17) is 16.3 Å². The molecule has 17 nitrogen and oxygen atoms in total. The predicted molar refractivity (Wildman–Crippen MR) is 152 cm³/mol. The molecule has 2 aliphatic heterocycles. The van der Waals surface area contributed by atoms with Crippen molar-refractivity contribution in [2.45, 2.75) is 36.0 Å². The van der Waals surface area contributed by atoms with Crippen molar-refractivity contribution >= 4 is 80.9 Å². The molecule has 2 aliphatic rings. The molecule has 6 N–H and O–H groups in total. The standard InChI is InChI=1S/C23H24N10O7S3/c1-3-11(20(36)37)40-30-14(10-7-42-22(25)27-10)17(34)29-15-18(35)32-16(21(38)39)9(5-41-19(15)32)6-43-23-28-12(24)4-13-31(2)8-26-33(13)23/h4,7-8,11,15,19,24H,3,5-6H2,1-2H3,(H5,25,27,29,34,36,37,38,39)/b30-14-/t11-,15?,19-/m0/s1. The topological polar surface area (TPSA) is 248 Å². The molecule has 3 aromatic rings. The number of carbonyl (C=O) groups is 4. The molecule has 43 heavy (non-hydrogen) atoms. The van der Waals surface area contributed by atoms with Crippen LogP contribution in [0.4, 0.5) is 10.9 Å². The number of carboxylic acids is 2. The number of anilines is 2. The molecule has 0 aromatic carbocycles. The van der Waals surface area contributed by atoms with E-state index in [-0.39, 0.29) is 46.0 Å². The van der Waals surface area contributed by atoms with Gasteiger partial charge in [-0.1, -0.05) is 26.7 Å². The van der Waals surface area contributed by atoms with Crippen LogP contribution in [0.1, 0.15) is 19.0 Å². The fourth-order valence-corrected chi connectivity index (χ4v) is 7.28. The number of nitrogens with one attached hydrogen (secondary N) is 1. The van der Waals surface area contributed by atoms with Gasteiger partial charge in [0, 0.05) is 16.9 Å². The first-order valence-electron chi connectivity index (χ1n) is 12.5. The largest absolute Gasteiger partial charge is 0.543 e. The van der Waals surface area contributed by atoms with E-state index in [0.717, 1.165) is 16.2 Å². The number of oxime groups is 1. The molecule has 3 atom stereocenters. The van der Waals surface area contributed by atoms with E-state index in [0.29, 0.717) is 16.4 Å². The number of hydrogen-bond acceptors (Lipinski definition) is 15. The van der Waals surface area contributed by atoms with Crippen molar-refractivity contribution < 1.29 is 38.7 Å². The summed E-state index contributed by atoms with van der Waals surface area (Å²) in [5, 5.41) is 33.2. The van der Waals surface area contributed by atoms with Gasteiger partial charge in [-0.25, -0.2) is 14.3 Å². The zero-order valence-electron chi connectivity index (χ0n) is 22.5. The normalized spacial score (nSPS) is 19.2. The number of aliphatic carboxylic acids is 2. The van der Waals surface area contributed by atoms with Gasteiger partial charge in [-0.3, -0.25) is 14.5 Å². The van der Waals surface area contributed by atoms with Gasteiger partial charge in [0.05, 0.1) is 24.8 Å². The number of aromatic nitrogens is 5. The lowest BCUT2D eigenvalue weighted by atomic mass is 10.0. The van der Waals surface area contributed by atoms with Gasteiger partial charge in [0.25, 0.3) is 17.5 Å². The van der Waals surface area contributed by atoms with Gasteiger partial charge in [-0.2, -0.15) is 0 Å². The number of carbonyl (C=O) groups excluding carboxylic acids is 3. The van der Waals surface area contributed by atoms with Crippen LogP contribution in [0, 0.1) is 0 Å². The lowest BCUT2D eigenvalue weighted by Crippen LogP contribution is -2.71. The number of rotatable bonds is 11. The van der Waals surface area contributed by atoms with Gasteiger partial charge in [0.1, 0.15) is 17.1 Å². The van der Waals surface area contributed by atoms with E-state index in [9.17, 15) is 29.4 Å². The van der Waals surface area contributed by atoms with Crippen LogP contribution in [0.25, 0.3) is 5.65 Å². The quantitative estimate of drug-likeness (QED) is 0.0437. The molecule has 0 radical (unpaired) electrons. The number of β-lactam (4-membered cyclic amide) rings is 1. The Morgan fingerprint density at radius 1 is 1.37 bits per heavy atom. The molecule has 0 bridgehead atoms. The zero-order chi connectivity index (χ0) is 31.0. The highest BCUT2D eigenvalue weighted by molar-refractivity contribution is 8.01. The van der Waals surface area contributed by atoms with Crippen molar-refractivity contribution in [3.8, 4) is 0 Å². The molecule has 226 valence electrons. The van der Waals surface area contributed by atoms with Crippen molar-refractivity contribution in [1.29, 1.82) is 0 Å². The lowest BCUT2D eigenvalue weighted by molar-refractivity contribution is -0.622. The smallest absolute Gasteiger partial charge is 0.347 e. The number of carboxylic acid groups (broad SMARTS) is 2. The Kier molecular flexibility index (Phi) is 8.42. The molecule has 0 aliphatic carbocycles. The third-order valence-corrected chi connectivity index (χ3v) is 9.43. The van der Waals surface area contributed by atoms with Crippen LogP contribution in [0.2, 0.25) is 0 Å². The number of thioether (sulfide) groups is 2. The Morgan fingerprint density at radius 2 is 2.14 bits per heavy atom. The maximum Gasteiger partial charge on any atom is 0.347 e. The molecule has 0 saturated carbocycles. The lowest BCUT2D eigenvalue weighted by Gasteiger charge is -2.50. The van der Waals surface area contributed by atoms with Gasteiger partial charge >= 0.3 is 11.1 Å². The van der Waals surface area contributed by atoms with E-state index in [1.54, 1.807) is 35.4 Å². The molecular formula is C23H24N10O7S3. The SMILES string of the molecule is CC[C@H](O/N=C(\C(=O)NC1C(=O)N2C(C(=O)[O-])=C(CSc3nc(N)cc4n(C)cn[n+]34)CS[C@@H]12)c1csc(N)n1)C(=O)O. The second-order valence-electron chi connectivity index (χ2n) is 9.22. The summed E-state index contributed by atoms with van der Waals surface area (Å²) in [6.45, 7) is 1.57. The highest BCUT2D eigenvalue weighted by Crippen LogP contribution is 2.41. The Hall–Kier alpha value is -4.43. The first kappa shape index (κ1) is 30.0. The minimum atomic E-state index is -1.54. The average Bonchev–Trinajstić information content (AvgIpc) is 3.56. The number of hydrogen-bond donors (Lipinski definition) is 4. The van der Waals surface area contributed by atoms with E-state index < -0.39 is 41.3 Å². The van der Waals surface area contributed by atoms with Crippen molar-refractivity contribution in [3.63, 3.8) is 0 Å². The van der Waals surface area contributed by atoms with E-state index >= 15 is 0 Å². The van der Waals surface area contributed by atoms with Crippen molar-refractivity contribution in [1.82, 2.24) is 29.9 Å². The molecule has 20 heteroatoms. The molecular weight excluding hydrogens is 625 g/mol. The van der Waals surface area contributed by atoms with E-state index in [1.807, 2.05) is 0 Å². The number of amides is 2. The summed E-state index contributed by atoms with van der Waals surface area (Å²) < 4.78 is 3.32. The molecule has 2 amide bonds. The summed E-state index contributed by atoms with van der Waals surface area (Å²) in [5.41, 5.74) is 12.1. The highest BCUT2D eigenvalue weighted by Gasteiger charge is 2.53. The first-order chi connectivity index (χ1) is 20.5. The summed E-state index contributed by atoms with van der Waals surface area (Å²) >= 11 is 3.47. The fraction of sp³-hybridized carbons (Fsp3) is 0.348. The number of nitrogens with zero attached hydrogens (tertiary/aromatic N) is 7. The van der Waals surface area contributed by atoms with E-state index in [2.05, 4.69) is 25.5 Å². The number of thiazole rings is 1. The predicted octanol–water partition coefficient (Wildman–Crippen LogP) is -2.05. The first-order valence-corrected chi connectivity index (χ1v) is 15.4. The summed E-state index contributed by atoms with van der Waals surface area (Å²) in [4.78, 5) is 64.4. The minimum absolute atomic E-state index is 0.0184. The number of fused-ring (bicyclic) bond motifs is 2. The molecule has 1 saturated heterocycles. The van der Waals surface area contributed by atoms with Crippen molar-refractivity contribution in [3.05, 3.63) is 34.7 Å². The van der Waals surface area contributed by atoms with Gasteiger partial charge < -0.3 is 36.6 Å². The Balaban J connectivity index is 1.34. The van der Waals surface area contributed by atoms with Crippen LogP contribution in [-0.4, -0.2) is 88.1 Å². The number of aryl methyl sites for hydroxylation is 1. The van der Waals surface area contributed by atoms with Gasteiger partial charge in [-0.05, 0) is 23.8 Å². The summed E-state index contributed by atoms with van der Waals surface area (Å²) in [6, 6.07) is 0.542. The third-order valence-electron chi connectivity index (χ3n) is 6.40.